The van der Waals surface area contributed by atoms with Crippen molar-refractivity contribution in [2.45, 2.75) is 19.1 Å². The van der Waals surface area contributed by atoms with E-state index in [0.717, 1.165) is 17.8 Å². The number of fused-ring (bicyclic) bond motifs is 1. The largest absolute Gasteiger partial charge is 0.374 e. The van der Waals surface area contributed by atoms with E-state index in [-0.39, 0.29) is 18.7 Å². The predicted molar refractivity (Wildman–Crippen MR) is 84.3 cm³/mol. The number of nitrogens with zero attached hydrogens (tertiary/aromatic N) is 3. The highest BCUT2D eigenvalue weighted by Gasteiger charge is 2.26. The van der Waals surface area contributed by atoms with Crippen LogP contribution in [-0.4, -0.2) is 52.8 Å². The van der Waals surface area contributed by atoms with Crippen LogP contribution in [0.3, 0.4) is 0 Å². The van der Waals surface area contributed by atoms with Gasteiger partial charge in [-0.3, -0.25) is 0 Å². The number of halogens is 2. The fourth-order valence-corrected chi connectivity index (χ4v) is 2.81. The summed E-state index contributed by atoms with van der Waals surface area (Å²) < 4.78 is 19.2. The van der Waals surface area contributed by atoms with Gasteiger partial charge in [-0.1, -0.05) is 11.6 Å². The average molecular weight is 341 g/mol. The van der Waals surface area contributed by atoms with Crippen LogP contribution in [-0.2, 0) is 11.3 Å². The van der Waals surface area contributed by atoms with E-state index in [2.05, 4.69) is 10.3 Å². The van der Waals surface area contributed by atoms with Crippen molar-refractivity contribution in [2.75, 3.05) is 26.4 Å². The van der Waals surface area contributed by atoms with Crippen molar-refractivity contribution in [2.24, 2.45) is 0 Å². The zero-order chi connectivity index (χ0) is 16.2. The number of carbonyl (C=O) groups excluding carboxylic acids is 1. The van der Waals surface area contributed by atoms with E-state index in [9.17, 15) is 9.18 Å². The highest BCUT2D eigenvalue weighted by molar-refractivity contribution is 6.30. The molecule has 0 spiro atoms. The smallest absolute Gasteiger partial charge is 0.317 e. The number of nitrogens with one attached hydrogen (secondary N) is 1. The van der Waals surface area contributed by atoms with Crippen molar-refractivity contribution in [1.29, 1.82) is 0 Å². The molecule has 0 bridgehead atoms. The first kappa shape index (κ1) is 16.0. The van der Waals surface area contributed by atoms with Gasteiger partial charge in [0.1, 0.15) is 12.3 Å². The number of ether oxygens (including phenoxy) is 1. The van der Waals surface area contributed by atoms with Gasteiger partial charge >= 0.3 is 6.03 Å². The molecular weight excluding hydrogens is 323 g/mol. The second-order valence-corrected chi connectivity index (χ2v) is 5.86. The number of likely N-dealkylation sites (tertiary alicyclic amines) is 1. The number of alkyl halides is 1. The van der Waals surface area contributed by atoms with Crippen molar-refractivity contribution in [3.63, 3.8) is 0 Å². The lowest BCUT2D eigenvalue weighted by Crippen LogP contribution is -2.38. The molecule has 1 saturated heterocycles. The van der Waals surface area contributed by atoms with E-state index >= 15 is 0 Å². The molecule has 0 radical (unpaired) electrons. The Balaban J connectivity index is 1.52. The van der Waals surface area contributed by atoms with Crippen molar-refractivity contribution >= 4 is 23.3 Å². The molecule has 0 aromatic carbocycles. The molecular formula is C15H18ClFN4O2. The number of hydrogen-bond acceptors (Lipinski definition) is 3. The van der Waals surface area contributed by atoms with E-state index in [4.69, 9.17) is 16.3 Å². The molecule has 6 nitrogen and oxygen atoms in total. The SMILES string of the molecule is O=C(NCc1cn2cc(Cl)ccc2n1)N1CCC(OCCF)C1. The number of imidazole rings is 1. The highest BCUT2D eigenvalue weighted by atomic mass is 35.5. The molecule has 124 valence electrons. The molecule has 1 aliphatic rings. The topological polar surface area (TPSA) is 58.9 Å². The molecule has 3 heterocycles. The van der Waals surface area contributed by atoms with Crippen LogP contribution < -0.4 is 5.32 Å². The molecule has 23 heavy (non-hydrogen) atoms. The number of urea groups is 1. The first-order chi connectivity index (χ1) is 11.2. The van der Waals surface area contributed by atoms with Crippen molar-refractivity contribution in [1.82, 2.24) is 19.6 Å². The first-order valence-electron chi connectivity index (χ1n) is 7.49. The Morgan fingerprint density at radius 1 is 1.48 bits per heavy atom. The maximum absolute atomic E-state index is 12.1. The van der Waals surface area contributed by atoms with Gasteiger partial charge in [0.15, 0.2) is 0 Å². The number of carbonyl (C=O) groups is 1. The quantitative estimate of drug-likeness (QED) is 0.908. The first-order valence-corrected chi connectivity index (χ1v) is 7.87. The van der Waals surface area contributed by atoms with E-state index in [1.165, 1.54) is 0 Å². The van der Waals surface area contributed by atoms with E-state index in [0.29, 0.717) is 24.7 Å². The lowest BCUT2D eigenvalue weighted by atomic mass is 10.3. The van der Waals surface area contributed by atoms with Crippen LogP contribution in [0.1, 0.15) is 12.1 Å². The van der Waals surface area contributed by atoms with E-state index in [1.807, 2.05) is 16.7 Å². The molecule has 1 unspecified atom stereocenters. The maximum atomic E-state index is 12.1. The minimum Gasteiger partial charge on any atom is -0.374 e. The van der Waals surface area contributed by atoms with Gasteiger partial charge in [-0.15, -0.1) is 0 Å². The van der Waals surface area contributed by atoms with Gasteiger partial charge in [-0.05, 0) is 18.6 Å². The molecule has 1 fully saturated rings. The molecule has 1 atom stereocenters. The Morgan fingerprint density at radius 3 is 3.17 bits per heavy atom. The molecule has 1 aliphatic heterocycles. The number of pyridine rings is 1. The van der Waals surface area contributed by atoms with Gasteiger partial charge in [-0.2, -0.15) is 0 Å². The van der Waals surface area contributed by atoms with Crippen LogP contribution in [0.4, 0.5) is 9.18 Å². The second kappa shape index (κ2) is 7.14. The third kappa shape index (κ3) is 3.92. The van der Waals surface area contributed by atoms with Gasteiger partial charge in [-0.25, -0.2) is 14.2 Å². The summed E-state index contributed by atoms with van der Waals surface area (Å²) in [6, 6.07) is 3.43. The molecule has 1 N–H and O–H groups in total. The molecule has 2 aromatic heterocycles. The minimum atomic E-state index is -0.499. The zero-order valence-corrected chi connectivity index (χ0v) is 13.3. The summed E-state index contributed by atoms with van der Waals surface area (Å²) in [6.45, 7) is 1.03. The van der Waals surface area contributed by atoms with Crippen molar-refractivity contribution < 1.29 is 13.9 Å². The molecule has 0 saturated carbocycles. The van der Waals surface area contributed by atoms with E-state index in [1.54, 1.807) is 17.2 Å². The maximum Gasteiger partial charge on any atom is 0.317 e. The Morgan fingerprint density at radius 2 is 2.35 bits per heavy atom. The molecule has 2 aromatic rings. The highest BCUT2D eigenvalue weighted by Crippen LogP contribution is 2.14. The third-order valence-corrected chi connectivity index (χ3v) is 3.97. The van der Waals surface area contributed by atoms with Gasteiger partial charge in [0, 0.05) is 25.5 Å². The lowest BCUT2D eigenvalue weighted by Gasteiger charge is -2.16. The fraction of sp³-hybridized carbons (Fsp3) is 0.467. The standard InChI is InChI=1S/C15H18ClFN4O2/c16-11-1-2-14-19-12(9-21(14)8-11)7-18-15(22)20-5-3-13(10-20)23-6-4-17/h1-2,8-9,13H,3-7,10H2,(H,18,22). The van der Waals surface area contributed by atoms with Crippen LogP contribution in [0.15, 0.2) is 24.5 Å². The Labute approximate surface area is 138 Å². The van der Waals surface area contributed by atoms with Gasteiger partial charge < -0.3 is 19.4 Å². The number of aromatic nitrogens is 2. The summed E-state index contributed by atoms with van der Waals surface area (Å²) in [4.78, 5) is 18.2. The molecule has 0 aliphatic carbocycles. The van der Waals surface area contributed by atoms with Crippen LogP contribution >= 0.6 is 11.6 Å². The molecule has 3 rings (SSSR count). The van der Waals surface area contributed by atoms with Crippen LogP contribution in [0.5, 0.6) is 0 Å². The molecule has 2 amide bonds. The Bertz CT molecular complexity index is 693. The van der Waals surface area contributed by atoms with Gasteiger partial charge in [0.05, 0.1) is 30.0 Å². The van der Waals surface area contributed by atoms with Gasteiger partial charge in [0.2, 0.25) is 0 Å². The van der Waals surface area contributed by atoms with Crippen molar-refractivity contribution in [3.8, 4) is 0 Å². The fourth-order valence-electron chi connectivity index (χ4n) is 2.64. The number of hydrogen-bond donors (Lipinski definition) is 1. The average Bonchev–Trinajstić information content (AvgIpc) is 3.16. The number of rotatable bonds is 5. The third-order valence-electron chi connectivity index (χ3n) is 3.75. The summed E-state index contributed by atoms with van der Waals surface area (Å²) in [7, 11) is 0. The van der Waals surface area contributed by atoms with Crippen LogP contribution in [0.2, 0.25) is 5.02 Å². The Hall–Kier alpha value is -1.86. The second-order valence-electron chi connectivity index (χ2n) is 5.42. The Kier molecular flexibility index (Phi) is 4.97. The van der Waals surface area contributed by atoms with Crippen molar-refractivity contribution in [3.05, 3.63) is 35.2 Å². The zero-order valence-electron chi connectivity index (χ0n) is 12.5. The molecule has 8 heteroatoms. The summed E-state index contributed by atoms with van der Waals surface area (Å²) >= 11 is 5.93. The monoisotopic (exact) mass is 340 g/mol. The minimum absolute atomic E-state index is 0.0752. The van der Waals surface area contributed by atoms with Gasteiger partial charge in [0.25, 0.3) is 0 Å². The summed E-state index contributed by atoms with van der Waals surface area (Å²) in [5.41, 5.74) is 1.53. The van der Waals surface area contributed by atoms with Crippen LogP contribution in [0, 0.1) is 0 Å². The summed E-state index contributed by atoms with van der Waals surface area (Å²) in [6.07, 6.45) is 4.26. The van der Waals surface area contributed by atoms with Crippen LogP contribution in [0.25, 0.3) is 5.65 Å². The lowest BCUT2D eigenvalue weighted by molar-refractivity contribution is 0.0520. The summed E-state index contributed by atoms with van der Waals surface area (Å²) in [5, 5.41) is 3.47. The normalized spacial score (nSPS) is 17.8. The predicted octanol–water partition coefficient (Wildman–Crippen LogP) is 2.26. The number of amides is 2. The van der Waals surface area contributed by atoms with E-state index < -0.39 is 6.67 Å². The summed E-state index contributed by atoms with van der Waals surface area (Å²) in [5.74, 6) is 0.